The van der Waals surface area contributed by atoms with Crippen LogP contribution in [0.4, 0.5) is 5.69 Å². The normalized spacial score (nSPS) is 10.9. The average molecular weight is 471 g/mol. The molecule has 1 heterocycles. The Balaban J connectivity index is 1.36. The Morgan fingerprint density at radius 3 is 2.38 bits per heavy atom. The molecule has 0 aliphatic carbocycles. The molecule has 4 rings (SSSR count). The molecule has 0 spiro atoms. The highest BCUT2D eigenvalue weighted by atomic mass is 32.2. The number of amides is 1. The maximum atomic E-state index is 12.3. The molecule has 5 nitrogen and oxygen atoms in total. The molecule has 0 aliphatic heterocycles. The van der Waals surface area contributed by atoms with Crippen molar-refractivity contribution < 1.29 is 4.79 Å². The molecular formula is C28H30N4OS. The number of unbranched alkanes of at least 4 members (excludes halogenated alkanes) is 1. The predicted molar refractivity (Wildman–Crippen MR) is 141 cm³/mol. The van der Waals surface area contributed by atoms with Crippen LogP contribution < -0.4 is 5.32 Å². The lowest BCUT2D eigenvalue weighted by atomic mass is 10.1. The minimum Gasteiger partial charge on any atom is -0.326 e. The zero-order chi connectivity index (χ0) is 23.9. The number of aromatic nitrogens is 3. The van der Waals surface area contributed by atoms with Gasteiger partial charge in [0.15, 0.2) is 11.0 Å². The van der Waals surface area contributed by atoms with Crippen molar-refractivity contribution in [1.82, 2.24) is 14.8 Å². The Hall–Kier alpha value is -3.38. The monoisotopic (exact) mass is 470 g/mol. The minimum absolute atomic E-state index is 0.0577. The summed E-state index contributed by atoms with van der Waals surface area (Å²) >= 11 is 1.68. The van der Waals surface area contributed by atoms with Gasteiger partial charge in [0.1, 0.15) is 0 Å². The van der Waals surface area contributed by atoms with Gasteiger partial charge in [-0.2, -0.15) is 0 Å². The number of carbonyl (C=O) groups excluding carboxylic acids is 1. The molecule has 0 aliphatic rings. The van der Waals surface area contributed by atoms with Gasteiger partial charge in [-0.15, -0.1) is 10.2 Å². The molecule has 0 atom stereocenters. The van der Waals surface area contributed by atoms with Crippen molar-refractivity contribution in [3.63, 3.8) is 0 Å². The van der Waals surface area contributed by atoms with Gasteiger partial charge in [0.25, 0.3) is 0 Å². The summed E-state index contributed by atoms with van der Waals surface area (Å²) in [4.78, 5) is 12.3. The third-order valence-electron chi connectivity index (χ3n) is 5.78. The second-order valence-corrected chi connectivity index (χ2v) is 9.56. The van der Waals surface area contributed by atoms with E-state index in [-0.39, 0.29) is 5.91 Å². The van der Waals surface area contributed by atoms with Gasteiger partial charge in [0.05, 0.1) is 0 Å². The second-order valence-electron chi connectivity index (χ2n) is 8.50. The van der Waals surface area contributed by atoms with E-state index in [0.29, 0.717) is 6.42 Å². The number of para-hydroxylation sites is 1. The molecule has 174 valence electrons. The minimum atomic E-state index is 0.0577. The quantitative estimate of drug-likeness (QED) is 0.217. The zero-order valence-electron chi connectivity index (χ0n) is 19.9. The number of rotatable bonds is 9. The smallest absolute Gasteiger partial charge is 0.224 e. The zero-order valence-corrected chi connectivity index (χ0v) is 20.7. The second kappa shape index (κ2) is 11.2. The van der Waals surface area contributed by atoms with E-state index in [1.54, 1.807) is 11.8 Å². The van der Waals surface area contributed by atoms with Gasteiger partial charge >= 0.3 is 0 Å². The summed E-state index contributed by atoms with van der Waals surface area (Å²) in [5.74, 6) is 1.76. The Morgan fingerprint density at radius 2 is 1.65 bits per heavy atom. The van der Waals surface area contributed by atoms with Crippen LogP contribution in [0.2, 0.25) is 0 Å². The SMILES string of the molecule is Cc1ccc(-c2nnc(SCCCCC(=O)Nc3ccc(C)c(C)c3)n2-c2ccccc2)cc1. The van der Waals surface area contributed by atoms with E-state index in [1.165, 1.54) is 16.7 Å². The van der Waals surface area contributed by atoms with Crippen molar-refractivity contribution in [2.24, 2.45) is 0 Å². The standard InChI is InChI=1S/C28H30N4OS/c1-20-12-15-23(16-13-20)27-30-31-28(32(27)25-9-5-4-6-10-25)34-18-8-7-11-26(33)29-24-17-14-21(2)22(3)19-24/h4-6,9-10,12-17,19H,7-8,11,18H2,1-3H3,(H,29,33). The van der Waals surface area contributed by atoms with E-state index in [1.807, 2.05) is 36.4 Å². The first-order valence-electron chi connectivity index (χ1n) is 11.6. The Bertz CT molecular complexity index is 1250. The maximum absolute atomic E-state index is 12.3. The van der Waals surface area contributed by atoms with E-state index in [0.717, 1.165) is 46.5 Å². The molecule has 3 aromatic carbocycles. The molecule has 0 saturated heterocycles. The lowest BCUT2D eigenvalue weighted by Crippen LogP contribution is -2.11. The number of aryl methyl sites for hydroxylation is 3. The summed E-state index contributed by atoms with van der Waals surface area (Å²) in [6.07, 6.45) is 2.26. The highest BCUT2D eigenvalue weighted by Crippen LogP contribution is 2.28. The number of anilines is 1. The van der Waals surface area contributed by atoms with E-state index in [2.05, 4.69) is 77.3 Å². The summed E-state index contributed by atoms with van der Waals surface area (Å²) in [7, 11) is 0. The number of nitrogens with one attached hydrogen (secondary N) is 1. The lowest BCUT2D eigenvalue weighted by Gasteiger charge is -2.10. The van der Waals surface area contributed by atoms with Gasteiger partial charge in [-0.05, 0) is 69.0 Å². The van der Waals surface area contributed by atoms with Crippen LogP contribution in [0.3, 0.4) is 0 Å². The van der Waals surface area contributed by atoms with Crippen LogP contribution in [0.15, 0.2) is 78.0 Å². The van der Waals surface area contributed by atoms with Gasteiger partial charge in [0, 0.05) is 29.1 Å². The Morgan fingerprint density at radius 1 is 0.882 bits per heavy atom. The van der Waals surface area contributed by atoms with E-state index < -0.39 is 0 Å². The number of carbonyl (C=O) groups is 1. The highest BCUT2D eigenvalue weighted by Gasteiger charge is 2.16. The molecule has 34 heavy (non-hydrogen) atoms. The summed E-state index contributed by atoms with van der Waals surface area (Å²) in [5.41, 5.74) is 6.56. The lowest BCUT2D eigenvalue weighted by molar-refractivity contribution is -0.116. The molecule has 6 heteroatoms. The summed E-state index contributed by atoms with van der Waals surface area (Å²) in [6, 6.07) is 24.6. The average Bonchev–Trinajstić information content (AvgIpc) is 3.26. The van der Waals surface area contributed by atoms with Gasteiger partial charge in [-0.3, -0.25) is 9.36 Å². The fourth-order valence-electron chi connectivity index (χ4n) is 3.66. The number of nitrogens with zero attached hydrogens (tertiary/aromatic N) is 3. The fourth-order valence-corrected chi connectivity index (χ4v) is 4.61. The molecule has 0 saturated carbocycles. The Kier molecular flexibility index (Phi) is 7.80. The largest absolute Gasteiger partial charge is 0.326 e. The van der Waals surface area contributed by atoms with Gasteiger partial charge in [-0.25, -0.2) is 0 Å². The van der Waals surface area contributed by atoms with Crippen LogP contribution in [0.25, 0.3) is 17.1 Å². The van der Waals surface area contributed by atoms with E-state index in [9.17, 15) is 4.79 Å². The maximum Gasteiger partial charge on any atom is 0.224 e. The van der Waals surface area contributed by atoms with Crippen LogP contribution in [0.5, 0.6) is 0 Å². The highest BCUT2D eigenvalue weighted by molar-refractivity contribution is 7.99. The summed E-state index contributed by atoms with van der Waals surface area (Å²) < 4.78 is 2.11. The molecule has 1 amide bonds. The number of benzene rings is 3. The number of hydrogen-bond donors (Lipinski definition) is 1. The first-order valence-corrected chi connectivity index (χ1v) is 12.6. The molecule has 0 unspecified atom stereocenters. The molecule has 0 bridgehead atoms. The van der Waals surface area contributed by atoms with Gasteiger partial charge in [-0.1, -0.05) is 65.9 Å². The van der Waals surface area contributed by atoms with E-state index >= 15 is 0 Å². The molecule has 0 radical (unpaired) electrons. The van der Waals surface area contributed by atoms with Crippen molar-refractivity contribution in [1.29, 1.82) is 0 Å². The molecule has 1 N–H and O–H groups in total. The summed E-state index contributed by atoms with van der Waals surface area (Å²) in [5, 5.41) is 12.9. The van der Waals surface area contributed by atoms with Gasteiger partial charge in [0.2, 0.25) is 5.91 Å². The molecule has 4 aromatic rings. The van der Waals surface area contributed by atoms with Crippen molar-refractivity contribution in [3.05, 3.63) is 89.5 Å². The van der Waals surface area contributed by atoms with Crippen molar-refractivity contribution >= 4 is 23.4 Å². The topological polar surface area (TPSA) is 59.8 Å². The predicted octanol–water partition coefficient (Wildman–Crippen LogP) is 6.76. The van der Waals surface area contributed by atoms with Crippen LogP contribution in [0, 0.1) is 20.8 Å². The van der Waals surface area contributed by atoms with Crippen molar-refractivity contribution in [2.45, 2.75) is 45.2 Å². The molecule has 0 fully saturated rings. The Labute approximate surface area is 205 Å². The number of hydrogen-bond acceptors (Lipinski definition) is 4. The van der Waals surface area contributed by atoms with Crippen LogP contribution in [-0.2, 0) is 4.79 Å². The van der Waals surface area contributed by atoms with Crippen LogP contribution >= 0.6 is 11.8 Å². The number of thioether (sulfide) groups is 1. The van der Waals surface area contributed by atoms with Gasteiger partial charge < -0.3 is 5.32 Å². The van der Waals surface area contributed by atoms with E-state index in [4.69, 9.17) is 0 Å². The first-order chi connectivity index (χ1) is 16.5. The first kappa shape index (κ1) is 23.8. The van der Waals surface area contributed by atoms with Crippen molar-refractivity contribution in [3.8, 4) is 17.1 Å². The molecular weight excluding hydrogens is 440 g/mol. The third kappa shape index (κ3) is 5.94. The summed E-state index contributed by atoms with van der Waals surface area (Å²) in [6.45, 7) is 6.21. The molecule has 1 aromatic heterocycles. The van der Waals surface area contributed by atoms with Crippen LogP contribution in [0.1, 0.15) is 36.0 Å². The van der Waals surface area contributed by atoms with Crippen LogP contribution in [-0.4, -0.2) is 26.4 Å². The third-order valence-corrected chi connectivity index (χ3v) is 6.79. The fraction of sp³-hybridized carbons (Fsp3) is 0.250. The van der Waals surface area contributed by atoms with Crippen molar-refractivity contribution in [2.75, 3.05) is 11.1 Å².